The van der Waals surface area contributed by atoms with E-state index in [2.05, 4.69) is 60.8 Å². The summed E-state index contributed by atoms with van der Waals surface area (Å²) in [4.78, 5) is 5.99. The first-order chi connectivity index (χ1) is 8.70. The zero-order valence-corrected chi connectivity index (χ0v) is 13.8. The van der Waals surface area contributed by atoms with Gasteiger partial charge in [0.15, 0.2) is 0 Å². The summed E-state index contributed by atoms with van der Waals surface area (Å²) >= 11 is 6.07. The molecular formula is C13H22N2S3. The molecular weight excluding hydrogens is 280 g/mol. The summed E-state index contributed by atoms with van der Waals surface area (Å²) in [6, 6.07) is 0. The van der Waals surface area contributed by atoms with E-state index in [1.807, 2.05) is 11.3 Å². The SMILES string of the molecule is CCCNCc1cnc(C2CSC(C)C(C)S2)s1. The molecule has 3 unspecified atom stereocenters. The Balaban J connectivity index is 1.89. The van der Waals surface area contributed by atoms with E-state index >= 15 is 0 Å². The van der Waals surface area contributed by atoms with Gasteiger partial charge in [-0.05, 0) is 13.0 Å². The van der Waals surface area contributed by atoms with Crippen molar-refractivity contribution in [2.75, 3.05) is 12.3 Å². The Bertz CT molecular complexity index is 367. The Kier molecular flexibility index (Phi) is 5.86. The summed E-state index contributed by atoms with van der Waals surface area (Å²) in [5, 5.41) is 6.87. The monoisotopic (exact) mass is 302 g/mol. The maximum absolute atomic E-state index is 4.62. The fraction of sp³-hybridized carbons (Fsp3) is 0.769. The van der Waals surface area contributed by atoms with Crippen LogP contribution in [0.4, 0.5) is 0 Å². The molecule has 102 valence electrons. The van der Waals surface area contributed by atoms with Crippen LogP contribution in [0.3, 0.4) is 0 Å². The van der Waals surface area contributed by atoms with Crippen molar-refractivity contribution in [3.05, 3.63) is 16.1 Å². The van der Waals surface area contributed by atoms with Gasteiger partial charge in [0.05, 0.1) is 5.25 Å². The largest absolute Gasteiger partial charge is 0.312 e. The van der Waals surface area contributed by atoms with E-state index in [-0.39, 0.29) is 0 Å². The molecule has 1 N–H and O–H groups in total. The van der Waals surface area contributed by atoms with Gasteiger partial charge in [0.2, 0.25) is 0 Å². The van der Waals surface area contributed by atoms with E-state index in [1.165, 1.54) is 22.1 Å². The predicted octanol–water partition coefficient (Wildman–Crippen LogP) is 3.94. The van der Waals surface area contributed by atoms with Gasteiger partial charge in [-0.3, -0.25) is 0 Å². The lowest BCUT2D eigenvalue weighted by atomic mass is 10.4. The lowest BCUT2D eigenvalue weighted by Gasteiger charge is -2.30. The number of rotatable bonds is 5. The van der Waals surface area contributed by atoms with Gasteiger partial charge in [-0.25, -0.2) is 4.98 Å². The number of nitrogens with zero attached hydrogens (tertiary/aromatic N) is 1. The lowest BCUT2D eigenvalue weighted by Crippen LogP contribution is -2.21. The number of nitrogens with one attached hydrogen (secondary N) is 1. The number of hydrogen-bond acceptors (Lipinski definition) is 5. The van der Waals surface area contributed by atoms with E-state index < -0.39 is 0 Å². The standard InChI is InChI=1S/C13H22N2S3/c1-4-5-14-6-11-7-15-13(18-11)12-8-16-9(2)10(3)17-12/h7,9-10,12,14H,4-6,8H2,1-3H3. The molecule has 2 heterocycles. The molecule has 3 atom stereocenters. The smallest absolute Gasteiger partial charge is 0.107 e. The maximum atomic E-state index is 4.62. The van der Waals surface area contributed by atoms with Crippen LogP contribution in [0.5, 0.6) is 0 Å². The van der Waals surface area contributed by atoms with E-state index in [0.717, 1.165) is 23.6 Å². The Labute approximate surface area is 123 Å². The third kappa shape index (κ3) is 3.89. The van der Waals surface area contributed by atoms with Crippen molar-refractivity contribution in [2.45, 2.75) is 49.5 Å². The molecule has 1 saturated heterocycles. The van der Waals surface area contributed by atoms with E-state index in [9.17, 15) is 0 Å². The molecule has 0 spiro atoms. The van der Waals surface area contributed by atoms with Crippen LogP contribution < -0.4 is 5.32 Å². The Hall–Kier alpha value is 0.290. The molecule has 0 saturated carbocycles. The van der Waals surface area contributed by atoms with Gasteiger partial charge in [-0.1, -0.05) is 20.8 Å². The Morgan fingerprint density at radius 2 is 2.22 bits per heavy atom. The Morgan fingerprint density at radius 1 is 1.39 bits per heavy atom. The van der Waals surface area contributed by atoms with Gasteiger partial charge in [-0.2, -0.15) is 11.8 Å². The van der Waals surface area contributed by atoms with Crippen molar-refractivity contribution < 1.29 is 0 Å². The van der Waals surface area contributed by atoms with Gasteiger partial charge >= 0.3 is 0 Å². The van der Waals surface area contributed by atoms with Crippen LogP contribution in [0.15, 0.2) is 6.20 Å². The predicted molar refractivity (Wildman–Crippen MR) is 85.8 cm³/mol. The minimum Gasteiger partial charge on any atom is -0.312 e. The minimum atomic E-state index is 0.603. The fourth-order valence-corrected chi connectivity index (χ4v) is 5.94. The van der Waals surface area contributed by atoms with Crippen LogP contribution in [-0.2, 0) is 6.54 Å². The molecule has 0 radical (unpaired) electrons. The summed E-state index contributed by atoms with van der Waals surface area (Å²) < 4.78 is 0. The molecule has 1 aromatic heterocycles. The van der Waals surface area contributed by atoms with Crippen molar-refractivity contribution in [1.29, 1.82) is 0 Å². The summed E-state index contributed by atoms with van der Waals surface area (Å²) in [5.74, 6) is 1.21. The van der Waals surface area contributed by atoms with Gasteiger partial charge in [-0.15, -0.1) is 23.1 Å². The van der Waals surface area contributed by atoms with Crippen molar-refractivity contribution in [3.8, 4) is 0 Å². The normalized spacial score (nSPS) is 28.5. The highest BCUT2D eigenvalue weighted by Crippen LogP contribution is 2.45. The molecule has 1 aromatic rings. The second kappa shape index (κ2) is 7.17. The van der Waals surface area contributed by atoms with Crippen LogP contribution in [0.25, 0.3) is 0 Å². The molecule has 5 heteroatoms. The molecule has 1 aliphatic rings. The number of thiazole rings is 1. The molecule has 0 bridgehead atoms. The average molecular weight is 303 g/mol. The van der Waals surface area contributed by atoms with Gasteiger partial charge in [0, 0.05) is 33.9 Å². The Morgan fingerprint density at radius 3 is 2.94 bits per heavy atom. The third-order valence-corrected chi connectivity index (χ3v) is 7.78. The number of hydrogen-bond donors (Lipinski definition) is 1. The first-order valence-electron chi connectivity index (χ1n) is 6.63. The molecule has 0 amide bonds. The molecule has 0 aliphatic carbocycles. The highest BCUT2D eigenvalue weighted by molar-refractivity contribution is 8.07. The van der Waals surface area contributed by atoms with E-state index in [4.69, 9.17) is 0 Å². The van der Waals surface area contributed by atoms with Gasteiger partial charge in [0.1, 0.15) is 5.01 Å². The maximum Gasteiger partial charge on any atom is 0.107 e. The zero-order valence-electron chi connectivity index (χ0n) is 11.3. The topological polar surface area (TPSA) is 24.9 Å². The zero-order chi connectivity index (χ0) is 13.0. The number of aromatic nitrogens is 1. The molecule has 18 heavy (non-hydrogen) atoms. The summed E-state index contributed by atoms with van der Waals surface area (Å²) in [5.41, 5.74) is 0. The third-order valence-electron chi connectivity index (χ3n) is 3.12. The molecule has 2 rings (SSSR count). The van der Waals surface area contributed by atoms with Gasteiger partial charge in [0.25, 0.3) is 0 Å². The molecule has 0 aromatic carbocycles. The number of thioether (sulfide) groups is 2. The van der Waals surface area contributed by atoms with Crippen molar-refractivity contribution >= 4 is 34.9 Å². The summed E-state index contributed by atoms with van der Waals surface area (Å²) in [7, 11) is 0. The van der Waals surface area contributed by atoms with E-state index in [0.29, 0.717) is 5.25 Å². The van der Waals surface area contributed by atoms with Crippen molar-refractivity contribution in [3.63, 3.8) is 0 Å². The van der Waals surface area contributed by atoms with Crippen LogP contribution in [0, 0.1) is 0 Å². The van der Waals surface area contributed by atoms with Gasteiger partial charge < -0.3 is 5.32 Å². The minimum absolute atomic E-state index is 0.603. The molecule has 1 aliphatic heterocycles. The summed E-state index contributed by atoms with van der Waals surface area (Å²) in [6.45, 7) is 8.94. The molecule has 2 nitrogen and oxygen atoms in total. The van der Waals surface area contributed by atoms with Crippen molar-refractivity contribution in [1.82, 2.24) is 10.3 Å². The van der Waals surface area contributed by atoms with Crippen molar-refractivity contribution in [2.24, 2.45) is 0 Å². The average Bonchev–Trinajstić information content (AvgIpc) is 2.82. The van der Waals surface area contributed by atoms with Crippen LogP contribution in [0.1, 0.15) is 42.3 Å². The quantitative estimate of drug-likeness (QED) is 0.833. The summed E-state index contributed by atoms with van der Waals surface area (Å²) in [6.07, 6.45) is 3.24. The first kappa shape index (κ1) is 14.7. The van der Waals surface area contributed by atoms with Crippen LogP contribution in [0.2, 0.25) is 0 Å². The van der Waals surface area contributed by atoms with Crippen LogP contribution >= 0.6 is 34.9 Å². The highest BCUT2D eigenvalue weighted by atomic mass is 32.2. The van der Waals surface area contributed by atoms with Crippen LogP contribution in [-0.4, -0.2) is 27.8 Å². The molecule has 1 fully saturated rings. The van der Waals surface area contributed by atoms with E-state index in [1.54, 1.807) is 0 Å². The second-order valence-corrected chi connectivity index (χ2v) is 8.85. The first-order valence-corrected chi connectivity index (χ1v) is 9.44. The lowest BCUT2D eigenvalue weighted by molar-refractivity contribution is 0.681. The second-order valence-electron chi connectivity index (χ2n) is 4.71. The fourth-order valence-electron chi connectivity index (χ4n) is 1.85. The highest BCUT2D eigenvalue weighted by Gasteiger charge is 2.28.